The van der Waals surface area contributed by atoms with E-state index in [0.29, 0.717) is 0 Å². The minimum absolute atomic E-state index is 0.0180. The Balaban J connectivity index is 0.000000293. The number of aromatic hydroxyl groups is 2. The van der Waals surface area contributed by atoms with Gasteiger partial charge in [0.05, 0.1) is 17.1 Å². The van der Waals surface area contributed by atoms with Gasteiger partial charge in [-0.2, -0.15) is 0 Å². The summed E-state index contributed by atoms with van der Waals surface area (Å²) >= 11 is 0. The van der Waals surface area contributed by atoms with Crippen molar-refractivity contribution in [3.63, 3.8) is 0 Å². The maximum Gasteiger partial charge on any atom is 0.165 e. The van der Waals surface area contributed by atoms with E-state index in [1.165, 1.54) is 66.3 Å². The lowest BCUT2D eigenvalue weighted by Crippen LogP contribution is -2.15. The molecule has 4 rings (SSSR count). The summed E-state index contributed by atoms with van der Waals surface area (Å²) in [5.41, 5.74) is 11.1. The molecule has 0 spiro atoms. The van der Waals surface area contributed by atoms with Gasteiger partial charge in [0.2, 0.25) is 0 Å². The zero-order valence-corrected chi connectivity index (χ0v) is 33.0. The minimum Gasteiger partial charge on any atom is -0.504 e. The van der Waals surface area contributed by atoms with Crippen LogP contribution < -0.4 is 4.90 Å². The van der Waals surface area contributed by atoms with Crippen LogP contribution in [0, 0.1) is 0 Å². The fourth-order valence-electron chi connectivity index (χ4n) is 6.56. The molecule has 0 saturated heterocycles. The number of rotatable bonds is 18. The van der Waals surface area contributed by atoms with E-state index < -0.39 is 0 Å². The summed E-state index contributed by atoms with van der Waals surface area (Å²) in [7, 11) is 2.04. The topological polar surface area (TPSA) is 68.4 Å². The number of phenols is 2. The molecule has 5 nitrogen and oxygen atoms in total. The third kappa shape index (κ3) is 12.3. The number of fused-ring (bicyclic) bond motifs is 1. The number of aryl methyl sites for hydroxylation is 5. The van der Waals surface area contributed by atoms with Crippen molar-refractivity contribution in [2.45, 2.75) is 132 Å². The molecule has 0 saturated carbocycles. The Labute approximate surface area is 309 Å². The fraction of sp³-hybridized carbons (Fsp3) is 0.478. The summed E-state index contributed by atoms with van der Waals surface area (Å²) in [6.45, 7) is 16.3. The number of phenolic OH excluding ortho intramolecular Hbond substituents is 2. The highest BCUT2D eigenvalue weighted by Gasteiger charge is 2.12. The van der Waals surface area contributed by atoms with E-state index in [-0.39, 0.29) is 11.5 Å². The first kappa shape index (κ1) is 41.3. The zero-order valence-electron chi connectivity index (χ0n) is 33.0. The molecule has 0 aliphatic rings. The van der Waals surface area contributed by atoms with Crippen LogP contribution in [0.1, 0.15) is 128 Å². The van der Waals surface area contributed by atoms with Crippen LogP contribution in [0.25, 0.3) is 10.8 Å². The van der Waals surface area contributed by atoms with E-state index in [0.717, 1.165) is 85.0 Å². The number of nitrogens with zero attached hydrogens (tertiary/aromatic N) is 3. The lowest BCUT2D eigenvalue weighted by atomic mass is 9.97. The molecule has 0 aliphatic heterocycles. The molecule has 4 aromatic carbocycles. The molecule has 51 heavy (non-hydrogen) atoms. The predicted molar refractivity (Wildman–Crippen MR) is 224 cm³/mol. The highest BCUT2D eigenvalue weighted by Crippen LogP contribution is 2.38. The van der Waals surface area contributed by atoms with Gasteiger partial charge in [0, 0.05) is 30.9 Å². The van der Waals surface area contributed by atoms with Crippen LogP contribution in [-0.2, 0) is 32.1 Å². The number of anilines is 1. The lowest BCUT2D eigenvalue weighted by Gasteiger charge is -2.20. The van der Waals surface area contributed by atoms with E-state index in [1.54, 1.807) is 6.07 Å². The van der Waals surface area contributed by atoms with Crippen LogP contribution in [-0.4, -0.2) is 35.7 Å². The van der Waals surface area contributed by atoms with E-state index in [1.807, 2.05) is 25.4 Å². The predicted octanol–water partition coefficient (Wildman–Crippen LogP) is 12.8. The number of benzene rings is 4. The van der Waals surface area contributed by atoms with Gasteiger partial charge in [0.1, 0.15) is 0 Å². The molecular weight excluding hydrogens is 627 g/mol. The van der Waals surface area contributed by atoms with Crippen LogP contribution in [0.2, 0.25) is 0 Å². The largest absolute Gasteiger partial charge is 0.504 e. The van der Waals surface area contributed by atoms with Crippen molar-refractivity contribution in [3.8, 4) is 11.5 Å². The molecule has 276 valence electrons. The Morgan fingerprint density at radius 3 is 1.82 bits per heavy atom. The standard InChI is InChI=1S/C28H40N2.C18H25NO2/c1-6-11-12-13-14-28(30-27-18-16-23(8-3)25(10-5)20-27)21-29-26-17-15-22(7-2)24(9-4)19-26;1-4-6-7-8-13-11-14(19(3)5-2)12-16-15(13)9-10-17(20)18(16)21/h15-21H,6-14H2,1-5H3;9-12,20-21H,4-8H2,1-3H3. The van der Waals surface area contributed by atoms with Crippen LogP contribution in [0.15, 0.2) is 70.6 Å². The van der Waals surface area contributed by atoms with Gasteiger partial charge in [-0.15, -0.1) is 0 Å². The van der Waals surface area contributed by atoms with Gasteiger partial charge in [0.15, 0.2) is 11.5 Å². The lowest BCUT2D eigenvalue weighted by molar-refractivity contribution is 0.408. The second-order valence-corrected chi connectivity index (χ2v) is 13.6. The monoisotopic (exact) mass is 692 g/mol. The van der Waals surface area contributed by atoms with Crippen LogP contribution in [0.5, 0.6) is 11.5 Å². The van der Waals surface area contributed by atoms with E-state index in [2.05, 4.69) is 95.8 Å². The highest BCUT2D eigenvalue weighted by atomic mass is 16.3. The van der Waals surface area contributed by atoms with Crippen molar-refractivity contribution in [2.75, 3.05) is 18.5 Å². The number of hydrogen-bond donors (Lipinski definition) is 2. The molecule has 4 aromatic rings. The molecule has 0 aliphatic carbocycles. The average Bonchev–Trinajstić information content (AvgIpc) is 3.16. The maximum absolute atomic E-state index is 10.2. The average molecular weight is 692 g/mol. The normalized spacial score (nSPS) is 11.6. The number of aliphatic imine (C=N–C) groups is 2. The summed E-state index contributed by atoms with van der Waals surface area (Å²) in [6, 6.07) is 20.9. The van der Waals surface area contributed by atoms with Gasteiger partial charge in [-0.05, 0) is 134 Å². The third-order valence-electron chi connectivity index (χ3n) is 9.95. The van der Waals surface area contributed by atoms with E-state index in [9.17, 15) is 10.2 Å². The molecule has 0 unspecified atom stereocenters. The maximum atomic E-state index is 10.2. The smallest absolute Gasteiger partial charge is 0.165 e. The Morgan fingerprint density at radius 1 is 0.608 bits per heavy atom. The molecular formula is C46H65N3O2. The Kier molecular flexibility index (Phi) is 17.8. The van der Waals surface area contributed by atoms with Crippen molar-refractivity contribution in [3.05, 3.63) is 88.5 Å². The molecule has 0 atom stereocenters. The first-order chi connectivity index (χ1) is 24.7. The van der Waals surface area contributed by atoms with E-state index >= 15 is 0 Å². The second kappa shape index (κ2) is 22.0. The van der Waals surface area contributed by atoms with Crippen LogP contribution >= 0.6 is 0 Å². The molecule has 0 radical (unpaired) electrons. The molecule has 0 bridgehead atoms. The quantitative estimate of drug-likeness (QED) is 0.0620. The van der Waals surface area contributed by atoms with Crippen LogP contribution in [0.4, 0.5) is 17.1 Å². The summed E-state index contributed by atoms with van der Waals surface area (Å²) < 4.78 is 0. The molecule has 5 heteroatoms. The summed E-state index contributed by atoms with van der Waals surface area (Å²) in [6.07, 6.45) is 16.7. The van der Waals surface area contributed by atoms with Gasteiger partial charge >= 0.3 is 0 Å². The van der Waals surface area contributed by atoms with Gasteiger partial charge in [0.25, 0.3) is 0 Å². The molecule has 2 N–H and O–H groups in total. The summed E-state index contributed by atoms with van der Waals surface area (Å²) in [4.78, 5) is 12.0. The van der Waals surface area contributed by atoms with Crippen LogP contribution in [0.3, 0.4) is 0 Å². The van der Waals surface area contributed by atoms with Crippen molar-refractivity contribution in [2.24, 2.45) is 9.98 Å². The van der Waals surface area contributed by atoms with Gasteiger partial charge in [-0.25, -0.2) is 0 Å². The summed E-state index contributed by atoms with van der Waals surface area (Å²) in [5, 5.41) is 21.7. The van der Waals surface area contributed by atoms with Gasteiger partial charge < -0.3 is 15.1 Å². The minimum atomic E-state index is -0.0571. The second-order valence-electron chi connectivity index (χ2n) is 13.6. The Morgan fingerprint density at radius 2 is 1.22 bits per heavy atom. The fourth-order valence-corrected chi connectivity index (χ4v) is 6.56. The molecule has 0 fully saturated rings. The van der Waals surface area contributed by atoms with Crippen molar-refractivity contribution >= 4 is 39.8 Å². The van der Waals surface area contributed by atoms with Crippen molar-refractivity contribution in [1.82, 2.24) is 0 Å². The highest BCUT2D eigenvalue weighted by molar-refractivity contribution is 6.31. The van der Waals surface area contributed by atoms with Gasteiger partial charge in [-0.3, -0.25) is 9.98 Å². The van der Waals surface area contributed by atoms with Crippen molar-refractivity contribution < 1.29 is 10.2 Å². The summed E-state index contributed by atoms with van der Waals surface area (Å²) in [5.74, 6) is -0.0751. The third-order valence-corrected chi connectivity index (χ3v) is 9.95. The number of hydrogen-bond acceptors (Lipinski definition) is 5. The Bertz CT molecular complexity index is 1720. The van der Waals surface area contributed by atoms with E-state index in [4.69, 9.17) is 9.98 Å². The first-order valence-corrected chi connectivity index (χ1v) is 19.8. The molecule has 0 heterocycles. The first-order valence-electron chi connectivity index (χ1n) is 19.8. The van der Waals surface area contributed by atoms with Gasteiger partial charge in [-0.1, -0.05) is 91.8 Å². The SMILES string of the molecule is CCCCCCC(C=Nc1ccc(CC)c(CC)c1)=Nc1ccc(CC)c(CC)c1.CCCCCc1cc(N(C)CC)cc2c(O)c(O)ccc12. The van der Waals surface area contributed by atoms with Crippen molar-refractivity contribution in [1.29, 1.82) is 0 Å². The number of unbranched alkanes of at least 4 members (excludes halogenated alkanes) is 5. The zero-order chi connectivity index (χ0) is 37.2. The molecule has 0 aromatic heterocycles. The Hall–Kier alpha value is -4.12. The molecule has 0 amide bonds.